The topological polar surface area (TPSA) is 72.9 Å². The number of amides is 2. The highest BCUT2D eigenvalue weighted by molar-refractivity contribution is 5.83. The van der Waals surface area contributed by atoms with Crippen LogP contribution in [0.15, 0.2) is 0 Å². The average molecular weight is 267 g/mol. The van der Waals surface area contributed by atoms with E-state index in [1.165, 1.54) is 12.8 Å². The zero-order valence-electron chi connectivity index (χ0n) is 11.0. The van der Waals surface area contributed by atoms with Crippen LogP contribution >= 0.6 is 0 Å². The molecule has 0 spiro atoms. The third kappa shape index (κ3) is 3.00. The summed E-state index contributed by atoms with van der Waals surface area (Å²) >= 11 is 0. The summed E-state index contributed by atoms with van der Waals surface area (Å²) in [6.07, 6.45) is 4.39. The Labute approximate surface area is 112 Å². The summed E-state index contributed by atoms with van der Waals surface area (Å²) in [6, 6.07) is -0.174. The summed E-state index contributed by atoms with van der Waals surface area (Å²) in [5.41, 5.74) is 0. The molecule has 3 fully saturated rings. The van der Waals surface area contributed by atoms with Gasteiger partial charge < -0.3 is 15.3 Å². The van der Waals surface area contributed by atoms with E-state index in [4.69, 9.17) is 5.11 Å². The van der Waals surface area contributed by atoms with E-state index in [0.717, 1.165) is 32.0 Å². The highest BCUT2D eigenvalue weighted by Crippen LogP contribution is 2.33. The lowest BCUT2D eigenvalue weighted by molar-refractivity contribution is -0.139. The predicted octanol–water partition coefficient (Wildman–Crippen LogP) is 0.339. The first-order valence-electron chi connectivity index (χ1n) is 7.17. The third-order valence-corrected chi connectivity index (χ3v) is 4.30. The van der Waals surface area contributed by atoms with Gasteiger partial charge in [-0.2, -0.15) is 0 Å². The van der Waals surface area contributed by atoms with Crippen molar-refractivity contribution in [3.05, 3.63) is 0 Å². The molecule has 1 heterocycles. The number of carbonyl (C=O) groups is 2. The van der Waals surface area contributed by atoms with Crippen LogP contribution in [0.3, 0.4) is 0 Å². The Bertz CT molecular complexity index is 371. The first-order valence-corrected chi connectivity index (χ1v) is 7.17. The smallest absolute Gasteiger partial charge is 0.326 e. The first kappa shape index (κ1) is 12.7. The summed E-state index contributed by atoms with van der Waals surface area (Å²) in [6.45, 7) is 3.25. The second-order valence-electron chi connectivity index (χ2n) is 5.86. The number of nitrogens with one attached hydrogen (secondary N) is 1. The maximum absolute atomic E-state index is 12.1. The molecular formula is C13H21N3O3. The molecule has 6 heteroatoms. The van der Waals surface area contributed by atoms with Crippen molar-refractivity contribution in [2.24, 2.45) is 5.92 Å². The number of carboxylic acid groups (broad SMARTS) is 1. The van der Waals surface area contributed by atoms with Gasteiger partial charge in [-0.15, -0.1) is 0 Å². The van der Waals surface area contributed by atoms with E-state index in [-0.39, 0.29) is 11.9 Å². The third-order valence-electron chi connectivity index (χ3n) is 4.30. The summed E-state index contributed by atoms with van der Waals surface area (Å²) < 4.78 is 0. The molecule has 0 radical (unpaired) electrons. The van der Waals surface area contributed by atoms with Crippen molar-refractivity contribution >= 4 is 12.0 Å². The lowest BCUT2D eigenvalue weighted by Gasteiger charge is -2.35. The number of nitrogens with zero attached hydrogens (tertiary/aromatic N) is 2. The SMILES string of the molecule is O=C(O)C(NC(=O)N1CCN(C2CC2)CC1)C1CC1. The summed E-state index contributed by atoms with van der Waals surface area (Å²) in [7, 11) is 0. The average Bonchev–Trinajstić information content (AvgIpc) is 3.29. The first-order chi connectivity index (χ1) is 9.15. The van der Waals surface area contributed by atoms with E-state index in [2.05, 4.69) is 10.2 Å². The molecule has 2 aliphatic carbocycles. The van der Waals surface area contributed by atoms with Gasteiger partial charge in [0.15, 0.2) is 0 Å². The minimum atomic E-state index is -0.910. The molecule has 6 nitrogen and oxygen atoms in total. The highest BCUT2D eigenvalue weighted by atomic mass is 16.4. The fourth-order valence-corrected chi connectivity index (χ4v) is 2.76. The van der Waals surface area contributed by atoms with Crippen LogP contribution in [0, 0.1) is 5.92 Å². The van der Waals surface area contributed by atoms with Crippen LogP contribution in [0.4, 0.5) is 4.79 Å². The number of rotatable bonds is 4. The molecule has 1 atom stereocenters. The zero-order chi connectivity index (χ0) is 13.4. The van der Waals surface area contributed by atoms with Crippen molar-refractivity contribution in [3.8, 4) is 0 Å². The number of piperazine rings is 1. The molecule has 2 amide bonds. The molecule has 1 aliphatic heterocycles. The van der Waals surface area contributed by atoms with Gasteiger partial charge in [0.1, 0.15) is 6.04 Å². The summed E-state index contributed by atoms with van der Waals surface area (Å²) in [4.78, 5) is 27.4. The van der Waals surface area contributed by atoms with Gasteiger partial charge in [0, 0.05) is 32.2 Å². The van der Waals surface area contributed by atoms with Gasteiger partial charge >= 0.3 is 12.0 Å². The standard InChI is InChI=1S/C13H21N3O3/c17-12(18)11(9-1-2-9)14-13(19)16-7-5-15(6-8-16)10-3-4-10/h9-11H,1-8H2,(H,14,19)(H,17,18). The van der Waals surface area contributed by atoms with Gasteiger partial charge in [0.25, 0.3) is 0 Å². The predicted molar refractivity (Wildman–Crippen MR) is 68.8 cm³/mol. The Hall–Kier alpha value is -1.30. The van der Waals surface area contributed by atoms with E-state index in [9.17, 15) is 9.59 Å². The Kier molecular flexibility index (Phi) is 3.35. The number of hydrogen-bond donors (Lipinski definition) is 2. The summed E-state index contributed by atoms with van der Waals surface area (Å²) in [5, 5.41) is 11.8. The molecule has 0 aromatic heterocycles. The van der Waals surface area contributed by atoms with Crippen LogP contribution < -0.4 is 5.32 Å². The largest absolute Gasteiger partial charge is 0.480 e. The van der Waals surface area contributed by atoms with Crippen LogP contribution in [0.25, 0.3) is 0 Å². The molecular weight excluding hydrogens is 246 g/mol. The second-order valence-corrected chi connectivity index (χ2v) is 5.86. The van der Waals surface area contributed by atoms with Gasteiger partial charge in [0.05, 0.1) is 0 Å². The molecule has 106 valence electrons. The molecule has 1 unspecified atom stereocenters. The Morgan fingerprint density at radius 2 is 1.68 bits per heavy atom. The van der Waals surface area contributed by atoms with Gasteiger partial charge in [-0.3, -0.25) is 4.90 Å². The van der Waals surface area contributed by atoms with Crippen molar-refractivity contribution < 1.29 is 14.7 Å². The summed E-state index contributed by atoms with van der Waals surface area (Å²) in [5.74, 6) is -0.776. The fourth-order valence-electron chi connectivity index (χ4n) is 2.76. The molecule has 0 aromatic rings. The van der Waals surface area contributed by atoms with Gasteiger partial charge in [0.2, 0.25) is 0 Å². The van der Waals surface area contributed by atoms with Gasteiger partial charge in [-0.05, 0) is 31.6 Å². The lowest BCUT2D eigenvalue weighted by atomic mass is 10.2. The van der Waals surface area contributed by atoms with Crippen LogP contribution in [0.2, 0.25) is 0 Å². The van der Waals surface area contributed by atoms with E-state index in [0.29, 0.717) is 13.1 Å². The quantitative estimate of drug-likeness (QED) is 0.770. The maximum atomic E-state index is 12.1. The van der Waals surface area contributed by atoms with E-state index < -0.39 is 12.0 Å². The molecule has 2 N–H and O–H groups in total. The van der Waals surface area contributed by atoms with E-state index in [1.807, 2.05) is 0 Å². The number of urea groups is 1. The van der Waals surface area contributed by atoms with Crippen molar-refractivity contribution in [2.45, 2.75) is 37.8 Å². The fraction of sp³-hybridized carbons (Fsp3) is 0.846. The number of aliphatic carboxylic acids is 1. The normalized spacial score (nSPS) is 26.0. The van der Waals surface area contributed by atoms with Crippen molar-refractivity contribution in [3.63, 3.8) is 0 Å². The molecule has 1 saturated heterocycles. The Morgan fingerprint density at radius 3 is 2.16 bits per heavy atom. The molecule has 0 aromatic carbocycles. The van der Waals surface area contributed by atoms with Crippen molar-refractivity contribution in [2.75, 3.05) is 26.2 Å². The highest BCUT2D eigenvalue weighted by Gasteiger charge is 2.39. The number of carbonyl (C=O) groups excluding carboxylic acids is 1. The number of hydrogen-bond acceptors (Lipinski definition) is 3. The van der Waals surface area contributed by atoms with Gasteiger partial charge in [-0.1, -0.05) is 0 Å². The van der Waals surface area contributed by atoms with Crippen molar-refractivity contribution in [1.82, 2.24) is 15.1 Å². The zero-order valence-corrected chi connectivity index (χ0v) is 11.0. The lowest BCUT2D eigenvalue weighted by Crippen LogP contribution is -2.55. The molecule has 19 heavy (non-hydrogen) atoms. The van der Waals surface area contributed by atoms with Crippen LogP contribution in [-0.2, 0) is 4.79 Å². The van der Waals surface area contributed by atoms with Gasteiger partial charge in [-0.25, -0.2) is 9.59 Å². The van der Waals surface area contributed by atoms with Crippen LogP contribution in [0.1, 0.15) is 25.7 Å². The molecule has 3 aliphatic rings. The van der Waals surface area contributed by atoms with Crippen LogP contribution in [0.5, 0.6) is 0 Å². The Morgan fingerprint density at radius 1 is 1.05 bits per heavy atom. The maximum Gasteiger partial charge on any atom is 0.326 e. The number of carboxylic acids is 1. The monoisotopic (exact) mass is 267 g/mol. The minimum absolute atomic E-state index is 0.134. The Balaban J connectivity index is 1.48. The second kappa shape index (κ2) is 5.00. The van der Waals surface area contributed by atoms with E-state index >= 15 is 0 Å². The van der Waals surface area contributed by atoms with Crippen LogP contribution in [-0.4, -0.2) is 65.2 Å². The molecule has 2 saturated carbocycles. The molecule has 3 rings (SSSR count). The van der Waals surface area contributed by atoms with Crippen molar-refractivity contribution in [1.29, 1.82) is 0 Å². The molecule has 0 bridgehead atoms. The van der Waals surface area contributed by atoms with E-state index in [1.54, 1.807) is 4.90 Å². The minimum Gasteiger partial charge on any atom is -0.480 e.